The average molecular weight is 224 g/mol. The molecule has 0 spiro atoms. The van der Waals surface area contributed by atoms with E-state index in [4.69, 9.17) is 17.3 Å². The van der Waals surface area contributed by atoms with Crippen LogP contribution in [0, 0.1) is 0 Å². The topological polar surface area (TPSA) is 26.0 Å². The van der Waals surface area contributed by atoms with Gasteiger partial charge in [0.25, 0.3) is 5.92 Å². The third kappa shape index (κ3) is 2.39. The van der Waals surface area contributed by atoms with E-state index >= 15 is 0 Å². The van der Waals surface area contributed by atoms with Gasteiger partial charge in [-0.3, -0.25) is 0 Å². The summed E-state index contributed by atoms with van der Waals surface area (Å²) in [7, 11) is 0. The summed E-state index contributed by atoms with van der Waals surface area (Å²) in [5, 5.41) is 0.372. The Labute approximate surface area is 84.7 Å². The monoisotopic (exact) mass is 223 g/mol. The summed E-state index contributed by atoms with van der Waals surface area (Å²) in [6.45, 7) is -1.02. The summed E-state index contributed by atoms with van der Waals surface area (Å²) in [5.74, 6) is -3.53. The standard InChI is InChI=1S/C9H9ClF3N/c10-7-3-1-6(2-4-7)8(11)9(12,13)5-14/h1-4,8H,5,14H2. The van der Waals surface area contributed by atoms with Crippen LogP contribution in [-0.4, -0.2) is 12.5 Å². The lowest BCUT2D eigenvalue weighted by Gasteiger charge is -2.18. The third-order valence-corrected chi connectivity index (χ3v) is 2.06. The summed E-state index contributed by atoms with van der Waals surface area (Å²) in [6, 6.07) is 5.15. The molecular weight excluding hydrogens is 215 g/mol. The van der Waals surface area contributed by atoms with Gasteiger partial charge in [0.05, 0.1) is 6.54 Å². The van der Waals surface area contributed by atoms with Crippen LogP contribution < -0.4 is 5.73 Å². The predicted molar refractivity (Wildman–Crippen MR) is 49.3 cm³/mol. The van der Waals surface area contributed by atoms with Crippen molar-refractivity contribution in [1.82, 2.24) is 0 Å². The van der Waals surface area contributed by atoms with Crippen LogP contribution >= 0.6 is 11.6 Å². The molecular formula is C9H9ClF3N. The number of hydrogen-bond acceptors (Lipinski definition) is 1. The van der Waals surface area contributed by atoms with E-state index in [1.54, 1.807) is 0 Å². The maximum Gasteiger partial charge on any atom is 0.294 e. The molecule has 0 amide bonds. The van der Waals surface area contributed by atoms with Crippen molar-refractivity contribution in [2.75, 3.05) is 6.54 Å². The molecule has 0 fully saturated rings. The summed E-state index contributed by atoms with van der Waals surface area (Å²) in [4.78, 5) is 0. The first-order chi connectivity index (χ1) is 6.47. The van der Waals surface area contributed by atoms with E-state index in [1.165, 1.54) is 24.3 Å². The molecule has 0 aliphatic carbocycles. The predicted octanol–water partition coefficient (Wildman–Crippen LogP) is 2.94. The van der Waals surface area contributed by atoms with Crippen molar-refractivity contribution >= 4 is 11.6 Å². The Morgan fingerprint density at radius 3 is 2.21 bits per heavy atom. The second-order valence-corrected chi connectivity index (χ2v) is 3.32. The number of hydrogen-bond donors (Lipinski definition) is 1. The van der Waals surface area contributed by atoms with E-state index < -0.39 is 18.6 Å². The van der Waals surface area contributed by atoms with Crippen molar-refractivity contribution < 1.29 is 13.2 Å². The van der Waals surface area contributed by atoms with Crippen LogP contribution in [0.15, 0.2) is 24.3 Å². The Bertz CT molecular complexity index is 299. The Morgan fingerprint density at radius 1 is 1.29 bits per heavy atom. The van der Waals surface area contributed by atoms with Crippen LogP contribution in [0.25, 0.3) is 0 Å². The first-order valence-electron chi connectivity index (χ1n) is 3.95. The normalized spacial score (nSPS) is 14.1. The van der Waals surface area contributed by atoms with Gasteiger partial charge in [0.15, 0.2) is 6.17 Å². The van der Waals surface area contributed by atoms with Crippen molar-refractivity contribution in [3.05, 3.63) is 34.9 Å². The van der Waals surface area contributed by atoms with Crippen LogP contribution in [0.3, 0.4) is 0 Å². The van der Waals surface area contributed by atoms with Crippen molar-refractivity contribution in [3.8, 4) is 0 Å². The first-order valence-corrected chi connectivity index (χ1v) is 4.32. The fourth-order valence-electron chi connectivity index (χ4n) is 0.979. The van der Waals surface area contributed by atoms with E-state index in [0.29, 0.717) is 5.02 Å². The largest absolute Gasteiger partial charge is 0.325 e. The van der Waals surface area contributed by atoms with E-state index in [-0.39, 0.29) is 5.56 Å². The zero-order valence-corrected chi connectivity index (χ0v) is 7.94. The van der Waals surface area contributed by atoms with Crippen LogP contribution in [-0.2, 0) is 0 Å². The minimum absolute atomic E-state index is 0.121. The highest BCUT2D eigenvalue weighted by Gasteiger charge is 2.39. The molecule has 1 unspecified atom stereocenters. The van der Waals surface area contributed by atoms with Crippen LogP contribution in [0.2, 0.25) is 5.02 Å². The Hall–Kier alpha value is -0.740. The maximum absolute atomic E-state index is 13.2. The van der Waals surface area contributed by atoms with Crippen molar-refractivity contribution in [2.24, 2.45) is 5.73 Å². The average Bonchev–Trinajstić information content (AvgIpc) is 2.18. The molecule has 1 nitrogen and oxygen atoms in total. The highest BCUT2D eigenvalue weighted by atomic mass is 35.5. The van der Waals surface area contributed by atoms with E-state index in [2.05, 4.69) is 0 Å². The van der Waals surface area contributed by atoms with E-state index in [1.807, 2.05) is 0 Å². The molecule has 0 aliphatic heterocycles. The smallest absolute Gasteiger partial charge is 0.294 e. The number of rotatable bonds is 3. The molecule has 0 saturated carbocycles. The van der Waals surface area contributed by atoms with Crippen molar-refractivity contribution in [3.63, 3.8) is 0 Å². The highest BCUT2D eigenvalue weighted by molar-refractivity contribution is 6.30. The second kappa shape index (κ2) is 4.19. The molecule has 0 heterocycles. The molecule has 2 N–H and O–H groups in total. The fourth-order valence-corrected chi connectivity index (χ4v) is 1.11. The number of halogens is 4. The first kappa shape index (κ1) is 11.3. The third-order valence-electron chi connectivity index (χ3n) is 1.81. The quantitative estimate of drug-likeness (QED) is 0.838. The fraction of sp³-hybridized carbons (Fsp3) is 0.333. The van der Waals surface area contributed by atoms with E-state index in [9.17, 15) is 13.2 Å². The number of nitrogens with two attached hydrogens (primary N) is 1. The van der Waals surface area contributed by atoms with Crippen molar-refractivity contribution in [2.45, 2.75) is 12.1 Å². The van der Waals surface area contributed by atoms with Gasteiger partial charge < -0.3 is 5.73 Å². The minimum atomic E-state index is -3.53. The number of alkyl halides is 3. The van der Waals surface area contributed by atoms with Crippen molar-refractivity contribution in [1.29, 1.82) is 0 Å². The molecule has 1 aromatic carbocycles. The molecule has 14 heavy (non-hydrogen) atoms. The molecule has 1 aromatic rings. The SMILES string of the molecule is NCC(F)(F)C(F)c1ccc(Cl)cc1. The zero-order valence-electron chi connectivity index (χ0n) is 7.18. The molecule has 5 heteroatoms. The Balaban J connectivity index is 2.89. The van der Waals surface area contributed by atoms with Crippen LogP contribution in [0.1, 0.15) is 11.7 Å². The van der Waals surface area contributed by atoms with Gasteiger partial charge >= 0.3 is 0 Å². The minimum Gasteiger partial charge on any atom is -0.325 e. The molecule has 0 saturated heterocycles. The van der Waals surface area contributed by atoms with Gasteiger partial charge in [0, 0.05) is 5.02 Å². The number of benzene rings is 1. The molecule has 0 bridgehead atoms. The molecule has 0 radical (unpaired) electrons. The van der Waals surface area contributed by atoms with Crippen LogP contribution in [0.5, 0.6) is 0 Å². The van der Waals surface area contributed by atoms with Gasteiger partial charge in [-0.25, -0.2) is 13.2 Å². The van der Waals surface area contributed by atoms with Gasteiger partial charge in [-0.15, -0.1) is 0 Å². The van der Waals surface area contributed by atoms with Gasteiger partial charge in [0.2, 0.25) is 0 Å². The molecule has 78 valence electrons. The lowest BCUT2D eigenvalue weighted by atomic mass is 10.1. The summed E-state index contributed by atoms with van der Waals surface area (Å²) in [5.41, 5.74) is 4.64. The second-order valence-electron chi connectivity index (χ2n) is 2.88. The summed E-state index contributed by atoms with van der Waals surface area (Å²) in [6.07, 6.45) is -2.38. The zero-order chi connectivity index (χ0) is 10.8. The lowest BCUT2D eigenvalue weighted by molar-refractivity contribution is -0.0651. The van der Waals surface area contributed by atoms with Gasteiger partial charge in [-0.2, -0.15) is 0 Å². The summed E-state index contributed by atoms with van der Waals surface area (Å²) >= 11 is 5.53. The molecule has 1 rings (SSSR count). The highest BCUT2D eigenvalue weighted by Crippen LogP contribution is 2.34. The molecule has 0 aromatic heterocycles. The van der Waals surface area contributed by atoms with E-state index in [0.717, 1.165) is 0 Å². The van der Waals surface area contributed by atoms with Gasteiger partial charge in [-0.1, -0.05) is 23.7 Å². The van der Waals surface area contributed by atoms with Gasteiger partial charge in [0.1, 0.15) is 0 Å². The Kier molecular flexibility index (Phi) is 3.39. The molecule has 0 aliphatic rings. The molecule has 1 atom stereocenters. The van der Waals surface area contributed by atoms with Crippen LogP contribution in [0.4, 0.5) is 13.2 Å². The van der Waals surface area contributed by atoms with Gasteiger partial charge in [-0.05, 0) is 17.7 Å². The Morgan fingerprint density at radius 2 is 1.79 bits per heavy atom. The lowest BCUT2D eigenvalue weighted by Crippen LogP contribution is -2.32. The maximum atomic E-state index is 13.2. The summed E-state index contributed by atoms with van der Waals surface area (Å²) < 4.78 is 38.8.